The first kappa shape index (κ1) is 9.12. The van der Waals surface area contributed by atoms with Crippen LogP contribution in [-0.2, 0) is 4.79 Å². The maximum absolute atomic E-state index is 10.7. The first-order valence-corrected chi connectivity index (χ1v) is 3.60. The van der Waals surface area contributed by atoms with E-state index in [1.54, 1.807) is 0 Å². The van der Waals surface area contributed by atoms with Crippen LogP contribution in [-0.4, -0.2) is 11.0 Å². The number of phenolic OH excluding ortho intramolecular Hbond substituents is 1. The molecule has 1 aromatic rings. The van der Waals surface area contributed by atoms with Crippen LogP contribution >= 0.6 is 0 Å². The van der Waals surface area contributed by atoms with Gasteiger partial charge in [0.25, 0.3) is 0 Å². The lowest BCUT2D eigenvalue weighted by Crippen LogP contribution is -2.12. The molecule has 0 radical (unpaired) electrons. The Morgan fingerprint density at radius 2 is 2.08 bits per heavy atom. The van der Waals surface area contributed by atoms with Crippen LogP contribution in [0.25, 0.3) is 5.57 Å². The van der Waals surface area contributed by atoms with Crippen LogP contribution in [0.4, 0.5) is 5.69 Å². The van der Waals surface area contributed by atoms with Gasteiger partial charge in [-0.15, -0.1) is 0 Å². The van der Waals surface area contributed by atoms with Crippen molar-refractivity contribution in [1.29, 1.82) is 0 Å². The van der Waals surface area contributed by atoms with Gasteiger partial charge >= 0.3 is 0 Å². The minimum atomic E-state index is -0.680. The Morgan fingerprint density at radius 3 is 2.62 bits per heavy atom. The number of nitrogens with two attached hydrogens (primary N) is 2. The third-order valence-corrected chi connectivity index (χ3v) is 1.64. The van der Waals surface area contributed by atoms with Gasteiger partial charge in [0.2, 0.25) is 5.91 Å². The number of carbonyl (C=O) groups is 1. The molecule has 4 heteroatoms. The maximum Gasteiger partial charge on any atom is 0.248 e. The molecule has 0 heterocycles. The molecule has 1 rings (SSSR count). The molecule has 1 aromatic carbocycles. The summed E-state index contributed by atoms with van der Waals surface area (Å²) in [6.07, 6.45) is 0. The summed E-state index contributed by atoms with van der Waals surface area (Å²) < 4.78 is 0. The van der Waals surface area contributed by atoms with E-state index in [2.05, 4.69) is 6.58 Å². The number of phenols is 1. The fourth-order valence-corrected chi connectivity index (χ4v) is 0.928. The summed E-state index contributed by atoms with van der Waals surface area (Å²) in [6.45, 7) is 3.44. The van der Waals surface area contributed by atoms with Crippen LogP contribution in [0.15, 0.2) is 24.8 Å². The molecule has 5 N–H and O–H groups in total. The molecule has 0 saturated carbocycles. The molecule has 68 valence electrons. The summed E-state index contributed by atoms with van der Waals surface area (Å²) in [6, 6.07) is 4.36. The third-order valence-electron chi connectivity index (χ3n) is 1.64. The fourth-order valence-electron chi connectivity index (χ4n) is 0.928. The summed E-state index contributed by atoms with van der Waals surface area (Å²) in [5.41, 5.74) is 11.2. The molecule has 1 amide bonds. The van der Waals surface area contributed by atoms with Gasteiger partial charge < -0.3 is 16.6 Å². The Bertz CT molecular complexity index is 372. The van der Waals surface area contributed by atoms with E-state index in [4.69, 9.17) is 11.5 Å². The van der Waals surface area contributed by atoms with E-state index in [0.29, 0.717) is 5.69 Å². The largest absolute Gasteiger partial charge is 0.507 e. The second kappa shape index (κ2) is 3.18. The Morgan fingerprint density at radius 1 is 1.46 bits per heavy atom. The van der Waals surface area contributed by atoms with E-state index in [0.717, 1.165) is 0 Å². The predicted octanol–water partition coefficient (Wildman–Crippen LogP) is 0.473. The highest BCUT2D eigenvalue weighted by Gasteiger charge is 2.09. The molecule has 0 spiro atoms. The monoisotopic (exact) mass is 178 g/mol. The predicted molar refractivity (Wildman–Crippen MR) is 50.7 cm³/mol. The van der Waals surface area contributed by atoms with Crippen LogP contribution in [0.5, 0.6) is 5.75 Å². The summed E-state index contributed by atoms with van der Waals surface area (Å²) in [4.78, 5) is 10.7. The van der Waals surface area contributed by atoms with Crippen molar-refractivity contribution in [2.24, 2.45) is 5.73 Å². The van der Waals surface area contributed by atoms with Crippen molar-refractivity contribution in [3.8, 4) is 5.75 Å². The van der Waals surface area contributed by atoms with E-state index in [-0.39, 0.29) is 16.9 Å². The van der Waals surface area contributed by atoms with Gasteiger partial charge in [0, 0.05) is 16.8 Å². The van der Waals surface area contributed by atoms with Gasteiger partial charge in [-0.05, 0) is 18.2 Å². The van der Waals surface area contributed by atoms with E-state index in [1.165, 1.54) is 18.2 Å². The van der Waals surface area contributed by atoms with Gasteiger partial charge in [0.1, 0.15) is 5.75 Å². The third kappa shape index (κ3) is 1.79. The molecule has 4 nitrogen and oxygen atoms in total. The van der Waals surface area contributed by atoms with E-state index < -0.39 is 5.91 Å². The average Bonchev–Trinajstić information content (AvgIpc) is 2.08. The molecule has 0 bridgehead atoms. The molecule has 13 heavy (non-hydrogen) atoms. The van der Waals surface area contributed by atoms with Crippen LogP contribution < -0.4 is 11.5 Å². The Hall–Kier alpha value is -1.97. The number of primary amides is 1. The summed E-state index contributed by atoms with van der Waals surface area (Å²) in [5, 5.41) is 9.33. The number of nitrogen functional groups attached to an aromatic ring is 1. The molecule has 0 aliphatic rings. The Kier molecular flexibility index (Phi) is 2.23. The molecule has 0 aliphatic carbocycles. The van der Waals surface area contributed by atoms with Gasteiger partial charge in [0.05, 0.1) is 0 Å². The normalized spacial score (nSPS) is 9.54. The van der Waals surface area contributed by atoms with Gasteiger partial charge in [-0.2, -0.15) is 0 Å². The van der Waals surface area contributed by atoms with E-state index in [1.807, 2.05) is 0 Å². The first-order valence-electron chi connectivity index (χ1n) is 3.60. The van der Waals surface area contributed by atoms with Crippen LogP contribution in [0.2, 0.25) is 0 Å². The SMILES string of the molecule is C=C(C(N)=O)c1cc(N)ccc1O. The number of benzene rings is 1. The number of hydrogen-bond donors (Lipinski definition) is 3. The molecule has 0 aliphatic heterocycles. The van der Waals surface area contributed by atoms with Crippen molar-refractivity contribution >= 4 is 17.2 Å². The number of anilines is 1. The topological polar surface area (TPSA) is 89.3 Å². The minimum Gasteiger partial charge on any atom is -0.507 e. The van der Waals surface area contributed by atoms with Crippen molar-refractivity contribution in [3.63, 3.8) is 0 Å². The zero-order chi connectivity index (χ0) is 10.0. The summed E-state index contributed by atoms with van der Waals surface area (Å²) in [7, 11) is 0. The lowest BCUT2D eigenvalue weighted by atomic mass is 10.1. The van der Waals surface area contributed by atoms with Crippen molar-refractivity contribution < 1.29 is 9.90 Å². The van der Waals surface area contributed by atoms with Gasteiger partial charge in [-0.1, -0.05) is 6.58 Å². The second-order valence-electron chi connectivity index (χ2n) is 2.62. The standard InChI is InChI=1S/C9H10N2O2/c1-5(9(11)13)7-4-6(10)2-3-8(7)12/h2-4,12H,1,10H2,(H2,11,13). The van der Waals surface area contributed by atoms with E-state index >= 15 is 0 Å². The highest BCUT2D eigenvalue weighted by molar-refractivity contribution is 6.18. The smallest absolute Gasteiger partial charge is 0.248 e. The summed E-state index contributed by atoms with van der Waals surface area (Å²) >= 11 is 0. The highest BCUT2D eigenvalue weighted by Crippen LogP contribution is 2.25. The fraction of sp³-hybridized carbons (Fsp3) is 0. The average molecular weight is 178 g/mol. The zero-order valence-corrected chi connectivity index (χ0v) is 6.95. The number of amides is 1. The van der Waals surface area contributed by atoms with Crippen LogP contribution in [0.1, 0.15) is 5.56 Å². The van der Waals surface area contributed by atoms with Crippen molar-refractivity contribution in [1.82, 2.24) is 0 Å². The molecule has 0 atom stereocenters. The highest BCUT2D eigenvalue weighted by atomic mass is 16.3. The van der Waals surface area contributed by atoms with Crippen LogP contribution in [0, 0.1) is 0 Å². The van der Waals surface area contributed by atoms with Crippen LogP contribution in [0.3, 0.4) is 0 Å². The minimum absolute atomic E-state index is 0.0461. The van der Waals surface area contributed by atoms with Crippen molar-refractivity contribution in [2.75, 3.05) is 5.73 Å². The molecular formula is C9H10N2O2. The number of hydrogen-bond acceptors (Lipinski definition) is 3. The Balaban J connectivity index is 3.21. The van der Waals surface area contributed by atoms with Crippen molar-refractivity contribution in [2.45, 2.75) is 0 Å². The molecule has 0 fully saturated rings. The maximum atomic E-state index is 10.7. The zero-order valence-electron chi connectivity index (χ0n) is 6.95. The quantitative estimate of drug-likeness (QED) is 0.349. The lowest BCUT2D eigenvalue weighted by Gasteiger charge is -2.05. The van der Waals surface area contributed by atoms with Crippen molar-refractivity contribution in [3.05, 3.63) is 30.3 Å². The molecule has 0 aromatic heterocycles. The molecular weight excluding hydrogens is 168 g/mol. The van der Waals surface area contributed by atoms with Gasteiger partial charge in [0.15, 0.2) is 0 Å². The molecule has 0 unspecified atom stereocenters. The van der Waals surface area contributed by atoms with Gasteiger partial charge in [-0.25, -0.2) is 0 Å². The number of rotatable bonds is 2. The van der Waals surface area contributed by atoms with E-state index in [9.17, 15) is 9.90 Å². The summed E-state index contributed by atoms with van der Waals surface area (Å²) in [5.74, 6) is -0.737. The molecule has 0 saturated heterocycles. The first-order chi connectivity index (χ1) is 6.02. The lowest BCUT2D eigenvalue weighted by molar-refractivity contribution is -0.112. The Labute approximate surface area is 75.5 Å². The second-order valence-corrected chi connectivity index (χ2v) is 2.62. The number of carbonyl (C=O) groups excluding carboxylic acids is 1. The number of aromatic hydroxyl groups is 1. The van der Waals surface area contributed by atoms with Gasteiger partial charge in [-0.3, -0.25) is 4.79 Å².